The zero-order valence-electron chi connectivity index (χ0n) is 12.2. The Hall–Kier alpha value is -1.83. The summed E-state index contributed by atoms with van der Waals surface area (Å²) in [5.74, 6) is -4.96. The lowest BCUT2D eigenvalue weighted by Crippen LogP contribution is -2.52. The lowest BCUT2D eigenvalue weighted by molar-refractivity contribution is -0.145. The van der Waals surface area contributed by atoms with Crippen molar-refractivity contribution < 1.29 is 24.6 Å². The number of halogens is 2. The Kier molecular flexibility index (Phi) is 3.98. The molecule has 128 valence electrons. The number of nitrogens with one attached hydrogen (secondary N) is 1. The number of benzene rings is 1. The molecule has 2 fully saturated rings. The van der Waals surface area contributed by atoms with Crippen molar-refractivity contribution in [1.29, 1.82) is 0 Å². The predicted molar refractivity (Wildman–Crippen MR) is 85.0 cm³/mol. The van der Waals surface area contributed by atoms with Gasteiger partial charge in [-0.3, -0.25) is 14.4 Å². The van der Waals surface area contributed by atoms with Gasteiger partial charge in [0.1, 0.15) is 5.54 Å². The van der Waals surface area contributed by atoms with Gasteiger partial charge in [0.15, 0.2) is 0 Å². The van der Waals surface area contributed by atoms with Crippen LogP contribution >= 0.6 is 23.2 Å². The molecule has 0 saturated heterocycles. The van der Waals surface area contributed by atoms with E-state index < -0.39 is 47.2 Å². The average Bonchev–Trinajstić information content (AvgIpc) is 3.15. The summed E-state index contributed by atoms with van der Waals surface area (Å²) in [5.41, 5.74) is 4.43. The molecule has 0 radical (unpaired) electrons. The van der Waals surface area contributed by atoms with E-state index in [2.05, 4.69) is 5.32 Å². The SMILES string of the molecule is N[C@@]1(C(=O)O)C[C@H](NC(=O)c2ccc(Cl)cc2Cl)[C@H]2[C@H](C(=O)O)[C@H]21. The van der Waals surface area contributed by atoms with Crippen molar-refractivity contribution in [1.82, 2.24) is 5.32 Å². The number of carbonyl (C=O) groups excluding carboxylic acids is 1. The lowest BCUT2D eigenvalue weighted by atomic mass is 9.90. The maximum atomic E-state index is 12.4. The Morgan fingerprint density at radius 1 is 1.25 bits per heavy atom. The van der Waals surface area contributed by atoms with E-state index in [9.17, 15) is 24.6 Å². The first-order valence-corrected chi connectivity index (χ1v) is 7.93. The third kappa shape index (κ3) is 2.53. The third-order valence-corrected chi connectivity index (χ3v) is 5.42. The first kappa shape index (κ1) is 17.0. The Morgan fingerprint density at radius 2 is 1.92 bits per heavy atom. The van der Waals surface area contributed by atoms with Crippen LogP contribution in [0.2, 0.25) is 10.0 Å². The van der Waals surface area contributed by atoms with E-state index in [0.29, 0.717) is 5.02 Å². The Morgan fingerprint density at radius 3 is 2.46 bits per heavy atom. The molecule has 7 nitrogen and oxygen atoms in total. The molecule has 5 atom stereocenters. The number of aliphatic carboxylic acids is 2. The van der Waals surface area contributed by atoms with E-state index in [0.717, 1.165) is 0 Å². The van der Waals surface area contributed by atoms with Crippen LogP contribution in [0, 0.1) is 17.8 Å². The van der Waals surface area contributed by atoms with Crippen LogP contribution in [-0.2, 0) is 9.59 Å². The zero-order chi connectivity index (χ0) is 17.8. The van der Waals surface area contributed by atoms with Gasteiger partial charge in [0.25, 0.3) is 5.91 Å². The fourth-order valence-corrected chi connectivity index (χ4v) is 4.24. The van der Waals surface area contributed by atoms with Crippen molar-refractivity contribution in [2.45, 2.75) is 18.0 Å². The van der Waals surface area contributed by atoms with Crippen LogP contribution in [0.25, 0.3) is 0 Å². The summed E-state index contributed by atoms with van der Waals surface area (Å²) >= 11 is 11.8. The maximum Gasteiger partial charge on any atom is 0.324 e. The molecular formula is C15H14Cl2N2O5. The van der Waals surface area contributed by atoms with Crippen molar-refractivity contribution in [2.24, 2.45) is 23.5 Å². The second-order valence-electron chi connectivity index (χ2n) is 6.22. The van der Waals surface area contributed by atoms with Crippen LogP contribution < -0.4 is 11.1 Å². The largest absolute Gasteiger partial charge is 0.481 e. The van der Waals surface area contributed by atoms with Gasteiger partial charge in [0.2, 0.25) is 0 Å². The van der Waals surface area contributed by atoms with Crippen molar-refractivity contribution in [2.75, 3.05) is 0 Å². The maximum absolute atomic E-state index is 12.4. The van der Waals surface area contributed by atoms with Crippen molar-refractivity contribution in [3.05, 3.63) is 33.8 Å². The summed E-state index contributed by atoms with van der Waals surface area (Å²) in [4.78, 5) is 35.1. The van der Waals surface area contributed by atoms with E-state index >= 15 is 0 Å². The molecular weight excluding hydrogens is 359 g/mol. The molecule has 0 unspecified atom stereocenters. The van der Waals surface area contributed by atoms with Crippen LogP contribution in [0.3, 0.4) is 0 Å². The van der Waals surface area contributed by atoms with Gasteiger partial charge in [-0.15, -0.1) is 0 Å². The fraction of sp³-hybridized carbons (Fsp3) is 0.400. The quantitative estimate of drug-likeness (QED) is 0.628. The molecule has 9 heteroatoms. The molecule has 0 aliphatic heterocycles. The lowest BCUT2D eigenvalue weighted by Gasteiger charge is -2.25. The standard InChI is InChI=1S/C15H14Cl2N2O5/c16-5-1-2-6(7(17)3-5)12(20)19-8-4-15(18,14(23)24)11-9(8)10(11)13(21)22/h1-3,8-11H,4,18H2,(H,19,20)(H,21,22)(H,23,24)/t8-,9-,10-,11-,15-/m0/s1. The third-order valence-electron chi connectivity index (χ3n) is 4.87. The topological polar surface area (TPSA) is 130 Å². The average molecular weight is 373 g/mol. The zero-order valence-corrected chi connectivity index (χ0v) is 13.7. The van der Waals surface area contributed by atoms with Gasteiger partial charge in [0, 0.05) is 17.0 Å². The molecule has 2 aliphatic carbocycles. The second-order valence-corrected chi connectivity index (χ2v) is 7.06. The normalized spacial score (nSPS) is 33.6. The van der Waals surface area contributed by atoms with E-state index in [1.54, 1.807) is 0 Å². The number of nitrogens with two attached hydrogens (primary N) is 1. The highest BCUT2D eigenvalue weighted by Gasteiger charge is 2.74. The monoisotopic (exact) mass is 372 g/mol. The predicted octanol–water partition coefficient (Wildman–Crippen LogP) is 1.22. The fourth-order valence-electron chi connectivity index (χ4n) is 3.75. The first-order valence-electron chi connectivity index (χ1n) is 7.18. The molecule has 5 N–H and O–H groups in total. The molecule has 2 aliphatic rings. The number of hydrogen-bond donors (Lipinski definition) is 4. The van der Waals surface area contributed by atoms with E-state index in [4.69, 9.17) is 28.9 Å². The van der Waals surface area contributed by atoms with Gasteiger partial charge in [0.05, 0.1) is 16.5 Å². The van der Waals surface area contributed by atoms with E-state index in [1.165, 1.54) is 18.2 Å². The highest BCUT2D eigenvalue weighted by atomic mass is 35.5. The van der Waals surface area contributed by atoms with Crippen molar-refractivity contribution in [3.8, 4) is 0 Å². The molecule has 1 aromatic carbocycles. The molecule has 0 bridgehead atoms. The minimum atomic E-state index is -1.66. The van der Waals surface area contributed by atoms with E-state index in [1.807, 2.05) is 0 Å². The molecule has 1 amide bonds. The number of hydrogen-bond acceptors (Lipinski definition) is 4. The number of fused-ring (bicyclic) bond motifs is 1. The minimum Gasteiger partial charge on any atom is -0.481 e. The molecule has 0 aromatic heterocycles. The van der Waals surface area contributed by atoms with Gasteiger partial charge < -0.3 is 21.3 Å². The first-order chi connectivity index (χ1) is 11.2. The van der Waals surface area contributed by atoms with E-state index in [-0.39, 0.29) is 17.0 Å². The Labute approximate surface area is 146 Å². The van der Waals surface area contributed by atoms with Crippen molar-refractivity contribution >= 4 is 41.0 Å². The summed E-state index contributed by atoms with van der Waals surface area (Å²) in [5, 5.41) is 21.8. The summed E-state index contributed by atoms with van der Waals surface area (Å²) in [7, 11) is 0. The van der Waals surface area contributed by atoms with Crippen LogP contribution in [0.4, 0.5) is 0 Å². The number of amides is 1. The number of carboxylic acid groups (broad SMARTS) is 2. The Balaban J connectivity index is 1.81. The molecule has 0 heterocycles. The van der Waals surface area contributed by atoms with Gasteiger partial charge in [-0.25, -0.2) is 0 Å². The number of rotatable bonds is 4. The highest BCUT2D eigenvalue weighted by molar-refractivity contribution is 6.36. The van der Waals surface area contributed by atoms with Gasteiger partial charge >= 0.3 is 11.9 Å². The summed E-state index contributed by atoms with van der Waals surface area (Å²) in [6.45, 7) is 0. The number of carboxylic acids is 2. The van der Waals surface area contributed by atoms with Gasteiger partial charge in [-0.05, 0) is 30.5 Å². The highest BCUT2D eigenvalue weighted by Crippen LogP contribution is 2.61. The van der Waals surface area contributed by atoms with Crippen molar-refractivity contribution in [3.63, 3.8) is 0 Å². The molecule has 1 aromatic rings. The van der Waals surface area contributed by atoms with Crippen LogP contribution in [-0.4, -0.2) is 39.6 Å². The number of carbonyl (C=O) groups is 3. The summed E-state index contributed by atoms with van der Waals surface area (Å²) in [6, 6.07) is 3.72. The molecule has 24 heavy (non-hydrogen) atoms. The molecule has 0 spiro atoms. The summed E-state index contributed by atoms with van der Waals surface area (Å²) in [6.07, 6.45) is -0.0294. The second kappa shape index (κ2) is 5.61. The minimum absolute atomic E-state index is 0.0294. The Bertz CT molecular complexity index is 755. The smallest absolute Gasteiger partial charge is 0.324 e. The van der Waals surface area contributed by atoms with Gasteiger partial charge in [-0.2, -0.15) is 0 Å². The van der Waals surface area contributed by atoms with Crippen LogP contribution in [0.1, 0.15) is 16.8 Å². The molecule has 3 rings (SSSR count). The van der Waals surface area contributed by atoms with Crippen LogP contribution in [0.5, 0.6) is 0 Å². The van der Waals surface area contributed by atoms with Gasteiger partial charge in [-0.1, -0.05) is 23.2 Å². The van der Waals surface area contributed by atoms with Crippen LogP contribution in [0.15, 0.2) is 18.2 Å². The molecule has 2 saturated carbocycles. The summed E-state index contributed by atoms with van der Waals surface area (Å²) < 4.78 is 0.